The lowest BCUT2D eigenvalue weighted by atomic mass is 9.93. The van der Waals surface area contributed by atoms with Gasteiger partial charge in [0.2, 0.25) is 5.67 Å². The number of ether oxygens (including phenoxy) is 1. The van der Waals surface area contributed by atoms with Crippen LogP contribution in [0.1, 0.15) is 32.4 Å². The zero-order valence-corrected chi connectivity index (χ0v) is 12.4. The van der Waals surface area contributed by atoms with Crippen molar-refractivity contribution in [2.75, 3.05) is 20.2 Å². The molecule has 1 N–H and O–H groups in total. The van der Waals surface area contributed by atoms with E-state index < -0.39 is 17.7 Å². The zero-order valence-electron chi connectivity index (χ0n) is 12.4. The molecule has 0 fully saturated rings. The van der Waals surface area contributed by atoms with E-state index in [1.165, 1.54) is 12.0 Å². The first-order chi connectivity index (χ1) is 9.38. The van der Waals surface area contributed by atoms with Gasteiger partial charge in [-0.25, -0.2) is 4.39 Å². The minimum absolute atomic E-state index is 0.344. The van der Waals surface area contributed by atoms with Crippen molar-refractivity contribution >= 4 is 5.91 Å². The number of amides is 1. The molecule has 1 rings (SSSR count). The normalized spacial score (nSPS) is 15.3. The van der Waals surface area contributed by atoms with E-state index in [0.29, 0.717) is 24.4 Å². The summed E-state index contributed by atoms with van der Waals surface area (Å²) in [5, 5.41) is 10.2. The lowest BCUT2D eigenvalue weighted by Gasteiger charge is -2.31. The van der Waals surface area contributed by atoms with Gasteiger partial charge in [0.15, 0.2) is 0 Å². The molecular weight excluding hydrogens is 261 g/mol. The number of rotatable bonds is 6. The molecule has 0 unspecified atom stereocenters. The van der Waals surface area contributed by atoms with Gasteiger partial charge >= 0.3 is 0 Å². The van der Waals surface area contributed by atoms with Crippen molar-refractivity contribution in [2.24, 2.45) is 0 Å². The first-order valence-electron chi connectivity index (χ1n) is 6.68. The molecule has 0 aliphatic rings. The standard InChI is InChI=1S/C15H22FNO3/c1-5-17(6-2)14(19)15(3,16)13(18)11-7-9-12(20-4)10-8-11/h7-10,13,18H,5-6H2,1-4H3/t13-,15-/m0/s1. The second-order valence-corrected chi connectivity index (χ2v) is 4.73. The van der Waals surface area contributed by atoms with Crippen molar-refractivity contribution in [3.63, 3.8) is 0 Å². The van der Waals surface area contributed by atoms with Gasteiger partial charge in [0.1, 0.15) is 11.9 Å². The highest BCUT2D eigenvalue weighted by molar-refractivity contribution is 5.85. The van der Waals surface area contributed by atoms with Crippen molar-refractivity contribution in [1.82, 2.24) is 4.90 Å². The molecule has 112 valence electrons. The summed E-state index contributed by atoms with van der Waals surface area (Å²) in [5.74, 6) is -0.0950. The third kappa shape index (κ3) is 3.28. The fraction of sp³-hybridized carbons (Fsp3) is 0.533. The Labute approximate surface area is 119 Å². The van der Waals surface area contributed by atoms with Crippen LogP contribution >= 0.6 is 0 Å². The summed E-state index contributed by atoms with van der Waals surface area (Å²) < 4.78 is 19.7. The van der Waals surface area contributed by atoms with E-state index in [-0.39, 0.29) is 0 Å². The number of benzene rings is 1. The van der Waals surface area contributed by atoms with E-state index in [4.69, 9.17) is 4.74 Å². The molecule has 1 aromatic carbocycles. The quantitative estimate of drug-likeness (QED) is 0.871. The van der Waals surface area contributed by atoms with Crippen LogP contribution < -0.4 is 4.74 Å². The van der Waals surface area contributed by atoms with Crippen LogP contribution in [0, 0.1) is 0 Å². The number of alkyl halides is 1. The average molecular weight is 283 g/mol. The first-order valence-corrected chi connectivity index (χ1v) is 6.68. The molecule has 1 aromatic rings. The molecular formula is C15H22FNO3. The van der Waals surface area contributed by atoms with Crippen LogP contribution in [0.2, 0.25) is 0 Å². The molecule has 0 saturated carbocycles. The van der Waals surface area contributed by atoms with E-state index in [9.17, 15) is 14.3 Å². The summed E-state index contributed by atoms with van der Waals surface area (Å²) in [6, 6.07) is 6.35. The molecule has 4 nitrogen and oxygen atoms in total. The lowest BCUT2D eigenvalue weighted by molar-refractivity contribution is -0.150. The maximum Gasteiger partial charge on any atom is 0.263 e. The molecule has 0 aromatic heterocycles. The number of hydrogen-bond acceptors (Lipinski definition) is 3. The minimum atomic E-state index is -2.36. The fourth-order valence-electron chi connectivity index (χ4n) is 2.04. The number of aliphatic hydroxyl groups excluding tert-OH is 1. The van der Waals surface area contributed by atoms with Gasteiger partial charge in [0, 0.05) is 13.1 Å². The Hall–Kier alpha value is -1.62. The number of methoxy groups -OCH3 is 1. The summed E-state index contributed by atoms with van der Waals surface area (Å²) in [4.78, 5) is 13.5. The molecule has 20 heavy (non-hydrogen) atoms. The third-order valence-electron chi connectivity index (χ3n) is 3.41. The fourth-order valence-corrected chi connectivity index (χ4v) is 2.04. The molecule has 2 atom stereocenters. The molecule has 0 bridgehead atoms. The number of halogens is 1. The number of carbonyl (C=O) groups excluding carboxylic acids is 1. The highest BCUT2D eigenvalue weighted by Gasteiger charge is 2.43. The van der Waals surface area contributed by atoms with Gasteiger partial charge in [-0.3, -0.25) is 4.79 Å². The van der Waals surface area contributed by atoms with Gasteiger partial charge in [0.25, 0.3) is 5.91 Å². The molecule has 0 radical (unpaired) electrons. The smallest absolute Gasteiger partial charge is 0.263 e. The lowest BCUT2D eigenvalue weighted by Crippen LogP contribution is -2.47. The molecule has 0 heterocycles. The Morgan fingerprint density at radius 2 is 1.85 bits per heavy atom. The number of carbonyl (C=O) groups is 1. The Kier molecular flexibility index (Phi) is 5.51. The van der Waals surface area contributed by atoms with Crippen molar-refractivity contribution in [1.29, 1.82) is 0 Å². The van der Waals surface area contributed by atoms with Crippen molar-refractivity contribution < 1.29 is 19.0 Å². The predicted octanol–water partition coefficient (Wildman–Crippen LogP) is 2.33. The molecule has 0 saturated heterocycles. The maximum atomic E-state index is 14.7. The monoisotopic (exact) mass is 283 g/mol. The van der Waals surface area contributed by atoms with Crippen LogP contribution in [0.5, 0.6) is 5.75 Å². The largest absolute Gasteiger partial charge is 0.497 e. The van der Waals surface area contributed by atoms with Crippen molar-refractivity contribution in [3.05, 3.63) is 29.8 Å². The summed E-state index contributed by atoms with van der Waals surface area (Å²) >= 11 is 0. The maximum absolute atomic E-state index is 14.7. The molecule has 1 amide bonds. The Balaban J connectivity index is 2.97. The summed E-state index contributed by atoms with van der Waals surface area (Å²) in [7, 11) is 1.52. The number of nitrogens with zero attached hydrogens (tertiary/aromatic N) is 1. The van der Waals surface area contributed by atoms with Crippen LogP contribution in [-0.4, -0.2) is 41.8 Å². The van der Waals surface area contributed by atoms with Gasteiger partial charge in [-0.05, 0) is 38.5 Å². The third-order valence-corrected chi connectivity index (χ3v) is 3.41. The van der Waals surface area contributed by atoms with Gasteiger partial charge in [-0.15, -0.1) is 0 Å². The topological polar surface area (TPSA) is 49.8 Å². The predicted molar refractivity (Wildman–Crippen MR) is 75.4 cm³/mol. The molecule has 0 spiro atoms. The number of aliphatic hydroxyl groups is 1. The molecule has 0 aliphatic heterocycles. The van der Waals surface area contributed by atoms with Crippen LogP contribution in [0.3, 0.4) is 0 Å². The highest BCUT2D eigenvalue weighted by atomic mass is 19.1. The summed E-state index contributed by atoms with van der Waals surface area (Å²) in [6.07, 6.45) is -1.51. The second kappa shape index (κ2) is 6.70. The van der Waals surface area contributed by atoms with Gasteiger partial charge in [0.05, 0.1) is 7.11 Å². The van der Waals surface area contributed by atoms with Crippen LogP contribution in [0.15, 0.2) is 24.3 Å². The highest BCUT2D eigenvalue weighted by Crippen LogP contribution is 2.32. The Morgan fingerprint density at radius 1 is 1.35 bits per heavy atom. The SMILES string of the molecule is CCN(CC)C(=O)[C@@](C)(F)[C@@H](O)c1ccc(OC)cc1. The van der Waals surface area contributed by atoms with Gasteiger partial charge in [-0.1, -0.05) is 12.1 Å². The summed E-state index contributed by atoms with van der Waals surface area (Å²) in [6.45, 7) is 5.48. The van der Waals surface area contributed by atoms with Crippen molar-refractivity contribution in [2.45, 2.75) is 32.5 Å². The van der Waals surface area contributed by atoms with E-state index in [1.54, 1.807) is 38.1 Å². The van der Waals surface area contributed by atoms with Crippen LogP contribution in [0.4, 0.5) is 4.39 Å². The van der Waals surface area contributed by atoms with E-state index in [2.05, 4.69) is 0 Å². The second-order valence-electron chi connectivity index (χ2n) is 4.73. The van der Waals surface area contributed by atoms with Gasteiger partial charge in [-0.2, -0.15) is 0 Å². The van der Waals surface area contributed by atoms with E-state index in [1.807, 2.05) is 0 Å². The molecule has 0 aliphatic carbocycles. The number of hydrogen-bond donors (Lipinski definition) is 1. The first kappa shape index (κ1) is 16.4. The van der Waals surface area contributed by atoms with Crippen LogP contribution in [-0.2, 0) is 4.79 Å². The molecule has 5 heteroatoms. The zero-order chi connectivity index (χ0) is 15.3. The van der Waals surface area contributed by atoms with E-state index >= 15 is 0 Å². The summed E-state index contributed by atoms with van der Waals surface area (Å²) in [5.41, 5.74) is -2.02. The van der Waals surface area contributed by atoms with E-state index in [0.717, 1.165) is 6.92 Å². The van der Waals surface area contributed by atoms with Crippen molar-refractivity contribution in [3.8, 4) is 5.75 Å². The van der Waals surface area contributed by atoms with Gasteiger partial charge < -0.3 is 14.7 Å². The minimum Gasteiger partial charge on any atom is -0.497 e. The Morgan fingerprint density at radius 3 is 2.25 bits per heavy atom. The average Bonchev–Trinajstić information content (AvgIpc) is 2.47. The Bertz CT molecular complexity index is 441. The van der Waals surface area contributed by atoms with Crippen LogP contribution in [0.25, 0.3) is 0 Å².